The van der Waals surface area contributed by atoms with E-state index in [-0.39, 0.29) is 11.8 Å². The summed E-state index contributed by atoms with van der Waals surface area (Å²) in [6.07, 6.45) is 7.48. The molecule has 8 nitrogen and oxygen atoms in total. The molecule has 0 aliphatic carbocycles. The Morgan fingerprint density at radius 1 is 1.03 bits per heavy atom. The number of para-hydroxylation sites is 2. The number of nitrogens with one attached hydrogen (secondary N) is 1. The first-order chi connectivity index (χ1) is 14.2. The fourth-order valence-corrected chi connectivity index (χ4v) is 3.27. The average molecular weight is 389 g/mol. The Balaban J connectivity index is 1.50. The topological polar surface area (TPSA) is 97.3 Å². The van der Waals surface area contributed by atoms with Crippen LogP contribution in [-0.2, 0) is 4.79 Å². The van der Waals surface area contributed by atoms with Gasteiger partial charge in [0.1, 0.15) is 11.8 Å². The minimum atomic E-state index is -0.554. The molecular formula is C21H19N5O3. The molecule has 8 heteroatoms. The van der Waals surface area contributed by atoms with Gasteiger partial charge in [0, 0.05) is 12.7 Å². The van der Waals surface area contributed by atoms with E-state index in [2.05, 4.69) is 20.5 Å². The van der Waals surface area contributed by atoms with Crippen LogP contribution in [-0.4, -0.2) is 44.5 Å². The summed E-state index contributed by atoms with van der Waals surface area (Å²) in [4.78, 5) is 31.3. The number of rotatable bonds is 5. The van der Waals surface area contributed by atoms with Crippen LogP contribution in [0.2, 0.25) is 0 Å². The van der Waals surface area contributed by atoms with Crippen molar-refractivity contribution >= 4 is 17.5 Å². The largest absolute Gasteiger partial charge is 0.454 e. The van der Waals surface area contributed by atoms with Crippen molar-refractivity contribution in [3.8, 4) is 11.5 Å². The Morgan fingerprint density at radius 2 is 1.93 bits per heavy atom. The van der Waals surface area contributed by atoms with Crippen LogP contribution in [0.4, 0.5) is 5.69 Å². The zero-order chi connectivity index (χ0) is 20.1. The van der Waals surface area contributed by atoms with E-state index in [0.29, 0.717) is 35.7 Å². The normalized spacial score (nSPS) is 15.7. The number of carbonyl (C=O) groups excluding carboxylic acids is 2. The third-order valence-corrected chi connectivity index (χ3v) is 4.65. The van der Waals surface area contributed by atoms with E-state index in [0.717, 1.165) is 6.42 Å². The molecule has 3 heterocycles. The second-order valence-electron chi connectivity index (χ2n) is 6.56. The lowest BCUT2D eigenvalue weighted by molar-refractivity contribution is -0.119. The number of aromatic nitrogens is 3. The van der Waals surface area contributed by atoms with Gasteiger partial charge in [-0.15, -0.1) is 0 Å². The molecule has 0 unspecified atom stereocenters. The van der Waals surface area contributed by atoms with Crippen LogP contribution in [0.15, 0.2) is 67.3 Å². The third-order valence-electron chi connectivity index (χ3n) is 4.65. The average Bonchev–Trinajstić information content (AvgIpc) is 3.26. The molecule has 0 radical (unpaired) electrons. The fraction of sp³-hybridized carbons (Fsp3) is 0.190. The van der Waals surface area contributed by atoms with Crippen molar-refractivity contribution < 1.29 is 14.3 Å². The predicted octanol–water partition coefficient (Wildman–Crippen LogP) is 2.91. The maximum absolute atomic E-state index is 13.0. The van der Waals surface area contributed by atoms with Crippen LogP contribution < -0.4 is 10.1 Å². The van der Waals surface area contributed by atoms with Gasteiger partial charge < -0.3 is 15.0 Å². The van der Waals surface area contributed by atoms with Gasteiger partial charge in [0.15, 0.2) is 5.75 Å². The number of hydrogen-bond donors (Lipinski definition) is 1. The summed E-state index contributed by atoms with van der Waals surface area (Å²) >= 11 is 0. The number of ether oxygens (including phenoxy) is 1. The monoisotopic (exact) mass is 389 g/mol. The summed E-state index contributed by atoms with van der Waals surface area (Å²) in [5, 5.41) is 10.3. The lowest BCUT2D eigenvalue weighted by atomic mass is 10.1. The van der Waals surface area contributed by atoms with E-state index in [4.69, 9.17) is 4.74 Å². The lowest BCUT2D eigenvalue weighted by Crippen LogP contribution is -2.43. The molecule has 146 valence electrons. The van der Waals surface area contributed by atoms with E-state index in [9.17, 15) is 9.59 Å². The van der Waals surface area contributed by atoms with Crippen molar-refractivity contribution in [1.29, 1.82) is 0 Å². The number of amides is 2. The van der Waals surface area contributed by atoms with Crippen LogP contribution in [0.5, 0.6) is 11.5 Å². The molecule has 29 heavy (non-hydrogen) atoms. The van der Waals surface area contributed by atoms with Gasteiger partial charge in [0.25, 0.3) is 5.91 Å². The first-order valence-electron chi connectivity index (χ1n) is 9.28. The molecule has 2 amide bonds. The molecule has 1 atom stereocenters. The first kappa shape index (κ1) is 18.5. The summed E-state index contributed by atoms with van der Waals surface area (Å²) in [7, 11) is 0. The zero-order valence-electron chi connectivity index (χ0n) is 15.6. The quantitative estimate of drug-likeness (QED) is 0.721. The number of nitrogens with zero attached hydrogens (tertiary/aromatic N) is 4. The van der Waals surface area contributed by atoms with E-state index >= 15 is 0 Å². The van der Waals surface area contributed by atoms with Gasteiger partial charge >= 0.3 is 0 Å². The van der Waals surface area contributed by atoms with Gasteiger partial charge in [0.2, 0.25) is 5.91 Å². The number of anilines is 1. The van der Waals surface area contributed by atoms with E-state index in [1.165, 1.54) is 12.4 Å². The molecule has 1 saturated heterocycles. The molecule has 1 aromatic carbocycles. The number of pyridine rings is 1. The summed E-state index contributed by atoms with van der Waals surface area (Å²) in [6, 6.07) is 11.8. The summed E-state index contributed by atoms with van der Waals surface area (Å²) in [5.41, 5.74) is 0.950. The molecule has 3 aromatic rings. The van der Waals surface area contributed by atoms with Gasteiger partial charge in [-0.3, -0.25) is 14.6 Å². The summed E-state index contributed by atoms with van der Waals surface area (Å²) in [5.74, 6) is 0.595. The summed E-state index contributed by atoms with van der Waals surface area (Å²) < 4.78 is 5.84. The van der Waals surface area contributed by atoms with Crippen molar-refractivity contribution in [3.63, 3.8) is 0 Å². The molecule has 0 saturated carbocycles. The molecule has 4 rings (SSSR count). The number of carbonyl (C=O) groups is 2. The van der Waals surface area contributed by atoms with Crippen LogP contribution in [0.1, 0.15) is 23.2 Å². The minimum absolute atomic E-state index is 0.225. The van der Waals surface area contributed by atoms with Crippen molar-refractivity contribution in [1.82, 2.24) is 20.1 Å². The molecular weight excluding hydrogens is 370 g/mol. The predicted molar refractivity (Wildman–Crippen MR) is 105 cm³/mol. The molecule has 1 fully saturated rings. The van der Waals surface area contributed by atoms with Crippen molar-refractivity contribution in [2.45, 2.75) is 18.9 Å². The van der Waals surface area contributed by atoms with Crippen LogP contribution in [0, 0.1) is 0 Å². The zero-order valence-corrected chi connectivity index (χ0v) is 15.6. The van der Waals surface area contributed by atoms with Gasteiger partial charge in [-0.05, 0) is 43.2 Å². The van der Waals surface area contributed by atoms with E-state index < -0.39 is 6.04 Å². The van der Waals surface area contributed by atoms with Gasteiger partial charge in [-0.25, -0.2) is 0 Å². The molecule has 0 spiro atoms. The van der Waals surface area contributed by atoms with E-state index in [1.807, 2.05) is 12.1 Å². The molecule has 0 bridgehead atoms. The van der Waals surface area contributed by atoms with Crippen LogP contribution >= 0.6 is 0 Å². The van der Waals surface area contributed by atoms with Crippen LogP contribution in [0.25, 0.3) is 0 Å². The Morgan fingerprint density at radius 3 is 2.72 bits per heavy atom. The van der Waals surface area contributed by atoms with Crippen molar-refractivity contribution in [3.05, 3.63) is 72.8 Å². The smallest absolute Gasteiger partial charge is 0.256 e. The second kappa shape index (κ2) is 8.47. The molecule has 1 N–H and O–H groups in total. The minimum Gasteiger partial charge on any atom is -0.454 e. The molecule has 2 aromatic heterocycles. The SMILES string of the molecule is O=C(Nc1ccccc1Oc1cccnc1)[C@@H]1CCCN1C(=O)c1ccnnc1. The fourth-order valence-electron chi connectivity index (χ4n) is 3.27. The number of benzene rings is 1. The van der Waals surface area contributed by atoms with Crippen molar-refractivity contribution in [2.24, 2.45) is 0 Å². The second-order valence-corrected chi connectivity index (χ2v) is 6.56. The maximum Gasteiger partial charge on any atom is 0.256 e. The lowest BCUT2D eigenvalue weighted by Gasteiger charge is -2.24. The highest BCUT2D eigenvalue weighted by Gasteiger charge is 2.35. The molecule has 1 aliphatic rings. The Kier molecular flexibility index (Phi) is 5.42. The highest BCUT2D eigenvalue weighted by Crippen LogP contribution is 2.30. The van der Waals surface area contributed by atoms with Gasteiger partial charge in [0.05, 0.1) is 29.8 Å². The van der Waals surface area contributed by atoms with Crippen molar-refractivity contribution in [2.75, 3.05) is 11.9 Å². The number of likely N-dealkylation sites (tertiary alicyclic amines) is 1. The van der Waals surface area contributed by atoms with E-state index in [1.54, 1.807) is 47.6 Å². The number of hydrogen-bond acceptors (Lipinski definition) is 6. The standard InChI is InChI=1S/C21H19N5O3/c27-20(18-7-4-12-26(18)21(28)15-9-11-23-24-13-15)25-17-6-1-2-8-19(17)29-16-5-3-10-22-14-16/h1-3,5-6,8-11,13-14,18H,4,7,12H2,(H,25,27)/t18-/m0/s1. The van der Waals surface area contributed by atoms with Gasteiger partial charge in [-0.2, -0.15) is 10.2 Å². The van der Waals surface area contributed by atoms with Gasteiger partial charge in [-0.1, -0.05) is 12.1 Å². The Labute approximate surface area is 167 Å². The summed E-state index contributed by atoms with van der Waals surface area (Å²) in [6.45, 7) is 0.521. The third kappa shape index (κ3) is 4.21. The first-order valence-corrected chi connectivity index (χ1v) is 9.28. The van der Waals surface area contributed by atoms with Crippen LogP contribution in [0.3, 0.4) is 0 Å². The maximum atomic E-state index is 13.0. The Bertz CT molecular complexity index is 997. The Hall–Kier alpha value is -3.81. The highest BCUT2D eigenvalue weighted by molar-refractivity contribution is 6.02. The highest BCUT2D eigenvalue weighted by atomic mass is 16.5. The molecule has 1 aliphatic heterocycles.